The van der Waals surface area contributed by atoms with E-state index in [4.69, 9.17) is 10.00 Å². The van der Waals surface area contributed by atoms with Crippen molar-refractivity contribution in [2.24, 2.45) is 0 Å². The van der Waals surface area contributed by atoms with Crippen LogP contribution in [0.5, 0.6) is 0 Å². The molecule has 2 rings (SSSR count). The van der Waals surface area contributed by atoms with E-state index in [9.17, 15) is 0 Å². The van der Waals surface area contributed by atoms with E-state index in [2.05, 4.69) is 16.0 Å². The number of hydrogen-bond acceptors (Lipinski definition) is 4. The molecule has 1 fully saturated rings. The van der Waals surface area contributed by atoms with Crippen LogP contribution in [0.3, 0.4) is 0 Å². The molecule has 0 atom stereocenters. The molecule has 1 aliphatic heterocycles. The minimum atomic E-state index is 0.674. The fourth-order valence-corrected chi connectivity index (χ4v) is 1.85. The summed E-state index contributed by atoms with van der Waals surface area (Å²) in [6.45, 7) is 5.26. The molecule has 1 saturated heterocycles. The first-order valence-electron chi connectivity index (χ1n) is 5.51. The van der Waals surface area contributed by atoms with E-state index in [-0.39, 0.29) is 0 Å². The number of pyridine rings is 1. The molecule has 0 amide bonds. The van der Waals surface area contributed by atoms with Gasteiger partial charge in [-0.25, -0.2) is 4.98 Å². The third kappa shape index (κ3) is 2.50. The van der Waals surface area contributed by atoms with Crippen molar-refractivity contribution in [1.82, 2.24) is 4.98 Å². The Bertz CT molecular complexity index is 403. The van der Waals surface area contributed by atoms with E-state index in [1.165, 1.54) is 0 Å². The molecule has 4 heteroatoms. The highest BCUT2D eigenvalue weighted by atomic mass is 16.5. The Kier molecular flexibility index (Phi) is 3.37. The van der Waals surface area contributed by atoms with E-state index in [1.807, 2.05) is 13.0 Å². The number of nitriles is 1. The fraction of sp³-hybridized carbons (Fsp3) is 0.500. The van der Waals surface area contributed by atoms with Crippen molar-refractivity contribution in [2.75, 3.05) is 31.2 Å². The van der Waals surface area contributed by atoms with Gasteiger partial charge in [-0.1, -0.05) is 0 Å². The van der Waals surface area contributed by atoms with E-state index < -0.39 is 0 Å². The molecule has 1 aliphatic rings. The molecule has 2 heterocycles. The van der Waals surface area contributed by atoms with E-state index in [1.54, 1.807) is 6.07 Å². The van der Waals surface area contributed by atoms with Gasteiger partial charge < -0.3 is 9.64 Å². The smallest absolute Gasteiger partial charge is 0.130 e. The quantitative estimate of drug-likeness (QED) is 0.715. The minimum absolute atomic E-state index is 0.674. The highest BCUT2D eigenvalue weighted by Gasteiger charge is 2.12. The van der Waals surface area contributed by atoms with Gasteiger partial charge in [-0.05, 0) is 25.5 Å². The summed E-state index contributed by atoms with van der Waals surface area (Å²) in [6, 6.07) is 5.81. The number of nitrogens with zero attached hydrogens (tertiary/aromatic N) is 3. The maximum absolute atomic E-state index is 8.92. The molecule has 1 aromatic rings. The molecule has 84 valence electrons. The average Bonchev–Trinajstić information content (AvgIpc) is 2.56. The molecular formula is C12H15N3O. The van der Waals surface area contributed by atoms with E-state index in [0.29, 0.717) is 5.56 Å². The Morgan fingerprint density at radius 1 is 1.38 bits per heavy atom. The van der Waals surface area contributed by atoms with Crippen molar-refractivity contribution < 1.29 is 4.74 Å². The molecule has 0 aliphatic carbocycles. The summed E-state index contributed by atoms with van der Waals surface area (Å²) < 4.78 is 5.40. The second kappa shape index (κ2) is 4.95. The van der Waals surface area contributed by atoms with Gasteiger partial charge >= 0.3 is 0 Å². The third-order valence-electron chi connectivity index (χ3n) is 2.62. The molecule has 0 saturated carbocycles. The summed E-state index contributed by atoms with van der Waals surface area (Å²) in [6.07, 6.45) is 1.01. The summed E-state index contributed by atoms with van der Waals surface area (Å²) in [5, 5.41) is 8.92. The molecule has 0 N–H and O–H groups in total. The van der Waals surface area contributed by atoms with Gasteiger partial charge in [-0.2, -0.15) is 5.26 Å². The van der Waals surface area contributed by atoms with Gasteiger partial charge in [0.1, 0.15) is 5.82 Å². The third-order valence-corrected chi connectivity index (χ3v) is 2.62. The first kappa shape index (κ1) is 10.9. The normalized spacial score (nSPS) is 16.6. The van der Waals surface area contributed by atoms with Crippen LogP contribution < -0.4 is 4.90 Å². The van der Waals surface area contributed by atoms with Gasteiger partial charge in [0.05, 0.1) is 18.2 Å². The Morgan fingerprint density at radius 3 is 3.06 bits per heavy atom. The van der Waals surface area contributed by atoms with E-state index >= 15 is 0 Å². The van der Waals surface area contributed by atoms with Crippen LogP contribution in [-0.4, -0.2) is 31.3 Å². The van der Waals surface area contributed by atoms with Gasteiger partial charge in [0.25, 0.3) is 0 Å². The maximum atomic E-state index is 8.92. The average molecular weight is 217 g/mol. The van der Waals surface area contributed by atoms with Gasteiger partial charge in [0.2, 0.25) is 0 Å². The first-order valence-corrected chi connectivity index (χ1v) is 5.51. The Labute approximate surface area is 95.5 Å². The van der Waals surface area contributed by atoms with Gasteiger partial charge in [0.15, 0.2) is 0 Å². The van der Waals surface area contributed by atoms with Crippen LogP contribution in [0.25, 0.3) is 0 Å². The number of anilines is 1. The number of ether oxygens (including phenoxy) is 1. The van der Waals surface area contributed by atoms with Gasteiger partial charge in [-0.3, -0.25) is 0 Å². The summed E-state index contributed by atoms with van der Waals surface area (Å²) >= 11 is 0. The topological polar surface area (TPSA) is 49.2 Å². The van der Waals surface area contributed by atoms with E-state index in [0.717, 1.165) is 44.2 Å². The summed E-state index contributed by atoms with van der Waals surface area (Å²) in [5.74, 6) is 0.891. The van der Waals surface area contributed by atoms with Crippen LogP contribution >= 0.6 is 0 Å². The van der Waals surface area contributed by atoms with Gasteiger partial charge in [0, 0.05) is 25.4 Å². The van der Waals surface area contributed by atoms with Crippen LogP contribution in [0.2, 0.25) is 0 Å². The lowest BCUT2D eigenvalue weighted by Crippen LogP contribution is -2.27. The molecule has 0 spiro atoms. The fourth-order valence-electron chi connectivity index (χ4n) is 1.85. The number of hydrogen-bond donors (Lipinski definition) is 0. The lowest BCUT2D eigenvalue weighted by atomic mass is 10.2. The molecule has 0 radical (unpaired) electrons. The van der Waals surface area contributed by atoms with Crippen molar-refractivity contribution in [2.45, 2.75) is 13.3 Å². The molecule has 4 nitrogen and oxygen atoms in total. The summed E-state index contributed by atoms with van der Waals surface area (Å²) in [5.41, 5.74) is 1.56. The summed E-state index contributed by atoms with van der Waals surface area (Å²) in [7, 11) is 0. The molecule has 1 aromatic heterocycles. The molecule has 16 heavy (non-hydrogen) atoms. The van der Waals surface area contributed by atoms with Crippen LogP contribution in [0, 0.1) is 18.3 Å². The van der Waals surface area contributed by atoms with Gasteiger partial charge in [-0.15, -0.1) is 0 Å². The first-order chi connectivity index (χ1) is 7.79. The lowest BCUT2D eigenvalue weighted by Gasteiger charge is -2.21. The Hall–Kier alpha value is -1.60. The van der Waals surface area contributed by atoms with Crippen molar-refractivity contribution in [1.29, 1.82) is 5.26 Å². The Balaban J connectivity index is 2.24. The molecule has 0 bridgehead atoms. The van der Waals surface area contributed by atoms with Crippen molar-refractivity contribution in [3.05, 3.63) is 23.4 Å². The maximum Gasteiger partial charge on any atom is 0.130 e. The van der Waals surface area contributed by atoms with Crippen molar-refractivity contribution in [3.8, 4) is 6.07 Å². The number of rotatable bonds is 1. The number of aryl methyl sites for hydroxylation is 1. The van der Waals surface area contributed by atoms with Crippen molar-refractivity contribution in [3.63, 3.8) is 0 Å². The predicted molar refractivity (Wildman–Crippen MR) is 61.3 cm³/mol. The SMILES string of the molecule is Cc1cc(C#N)cc(N2CCCOCC2)n1. The van der Waals surface area contributed by atoms with Crippen molar-refractivity contribution >= 4 is 5.82 Å². The largest absolute Gasteiger partial charge is 0.380 e. The second-order valence-electron chi connectivity index (χ2n) is 3.92. The zero-order chi connectivity index (χ0) is 11.4. The van der Waals surface area contributed by atoms with Crippen LogP contribution in [0.15, 0.2) is 12.1 Å². The standard InChI is InChI=1S/C12H15N3O/c1-10-7-11(9-13)8-12(14-10)15-3-2-5-16-6-4-15/h7-8H,2-6H2,1H3. The van der Waals surface area contributed by atoms with Crippen LogP contribution in [0.4, 0.5) is 5.82 Å². The Morgan fingerprint density at radius 2 is 2.25 bits per heavy atom. The molecular weight excluding hydrogens is 202 g/mol. The number of aromatic nitrogens is 1. The zero-order valence-electron chi connectivity index (χ0n) is 9.44. The second-order valence-corrected chi connectivity index (χ2v) is 3.92. The highest BCUT2D eigenvalue weighted by molar-refractivity contribution is 5.46. The summed E-state index contributed by atoms with van der Waals surface area (Å²) in [4.78, 5) is 6.65. The molecule has 0 unspecified atom stereocenters. The molecule has 0 aromatic carbocycles. The monoisotopic (exact) mass is 217 g/mol. The predicted octanol–water partition coefficient (Wildman–Crippen LogP) is 1.49. The lowest BCUT2D eigenvalue weighted by molar-refractivity contribution is 0.152. The minimum Gasteiger partial charge on any atom is -0.380 e. The highest BCUT2D eigenvalue weighted by Crippen LogP contribution is 2.16. The van der Waals surface area contributed by atoms with Crippen LogP contribution in [0.1, 0.15) is 17.7 Å². The van der Waals surface area contributed by atoms with Crippen LogP contribution in [-0.2, 0) is 4.74 Å². The zero-order valence-corrected chi connectivity index (χ0v) is 9.44.